The Balaban J connectivity index is 1.94. The number of rotatable bonds is 5. The fraction of sp³-hybridized carbons (Fsp3) is 0.250. The Bertz CT molecular complexity index is 568. The van der Waals surface area contributed by atoms with E-state index in [1.54, 1.807) is 23.9 Å². The van der Waals surface area contributed by atoms with Crippen molar-refractivity contribution in [2.75, 3.05) is 5.75 Å². The third-order valence-corrected chi connectivity index (χ3v) is 4.52. The molecule has 0 aliphatic heterocycles. The fourth-order valence-corrected chi connectivity index (χ4v) is 3.17. The van der Waals surface area contributed by atoms with Crippen LogP contribution in [0.2, 0.25) is 5.02 Å². The van der Waals surface area contributed by atoms with Gasteiger partial charge in [-0.05, 0) is 37.6 Å². The van der Waals surface area contributed by atoms with Crippen molar-refractivity contribution in [2.24, 2.45) is 5.73 Å². The molecule has 1 unspecified atom stereocenters. The number of nitrogens with two attached hydrogens (primary N) is 1. The van der Waals surface area contributed by atoms with Crippen molar-refractivity contribution in [1.82, 2.24) is 0 Å². The molecule has 0 saturated heterocycles. The lowest BCUT2D eigenvalue weighted by Crippen LogP contribution is -2.26. The van der Waals surface area contributed by atoms with Crippen molar-refractivity contribution in [1.29, 1.82) is 0 Å². The molecule has 4 heteroatoms. The third-order valence-electron chi connectivity index (χ3n) is 2.98. The molecule has 0 aliphatic carbocycles. The zero-order valence-corrected chi connectivity index (χ0v) is 12.8. The summed E-state index contributed by atoms with van der Waals surface area (Å²) in [5.41, 5.74) is 7.81. The van der Waals surface area contributed by atoms with E-state index in [-0.39, 0.29) is 11.9 Å². The molecule has 1 nitrogen and oxygen atoms in total. The van der Waals surface area contributed by atoms with Crippen LogP contribution in [0.4, 0.5) is 4.39 Å². The lowest BCUT2D eigenvalue weighted by atomic mass is 10.1. The molecular formula is C16H17ClFNS. The van der Waals surface area contributed by atoms with Crippen LogP contribution < -0.4 is 5.73 Å². The normalized spacial score (nSPS) is 12.4. The van der Waals surface area contributed by atoms with E-state index < -0.39 is 0 Å². The first-order valence-corrected chi connectivity index (χ1v) is 7.80. The second-order valence-electron chi connectivity index (χ2n) is 4.79. The molecule has 0 bridgehead atoms. The molecule has 0 saturated carbocycles. The minimum atomic E-state index is -0.284. The molecule has 2 aromatic rings. The molecule has 20 heavy (non-hydrogen) atoms. The summed E-state index contributed by atoms with van der Waals surface area (Å²) in [7, 11) is 0. The lowest BCUT2D eigenvalue weighted by molar-refractivity contribution is 0.597. The molecule has 2 aromatic carbocycles. The highest BCUT2D eigenvalue weighted by Gasteiger charge is 2.12. The first-order chi connectivity index (χ1) is 9.56. The van der Waals surface area contributed by atoms with Gasteiger partial charge in [0.1, 0.15) is 5.82 Å². The molecule has 1 atom stereocenters. The molecule has 0 aromatic heterocycles. The van der Waals surface area contributed by atoms with Gasteiger partial charge in [0.15, 0.2) is 0 Å². The summed E-state index contributed by atoms with van der Waals surface area (Å²) in [6.45, 7) is 2.06. The smallest absolute Gasteiger partial charge is 0.127 e. The van der Waals surface area contributed by atoms with E-state index in [1.807, 2.05) is 6.07 Å². The monoisotopic (exact) mass is 309 g/mol. The maximum absolute atomic E-state index is 13.7. The van der Waals surface area contributed by atoms with Gasteiger partial charge in [-0.15, -0.1) is 11.8 Å². The Morgan fingerprint density at radius 2 is 2.00 bits per heavy atom. The predicted octanol–water partition coefficient (Wildman–Crippen LogP) is 4.45. The van der Waals surface area contributed by atoms with E-state index in [1.165, 1.54) is 16.5 Å². The van der Waals surface area contributed by atoms with Crippen LogP contribution in [0.1, 0.15) is 11.1 Å². The number of aryl methyl sites for hydroxylation is 1. The lowest BCUT2D eigenvalue weighted by Gasteiger charge is -2.13. The van der Waals surface area contributed by atoms with Gasteiger partial charge in [0.05, 0.1) is 0 Å². The van der Waals surface area contributed by atoms with Crippen LogP contribution in [0.25, 0.3) is 0 Å². The molecule has 0 amide bonds. The minimum absolute atomic E-state index is 0.130. The van der Waals surface area contributed by atoms with Crippen LogP contribution >= 0.6 is 23.4 Å². The van der Waals surface area contributed by atoms with Crippen LogP contribution in [0.15, 0.2) is 47.4 Å². The van der Waals surface area contributed by atoms with E-state index in [0.29, 0.717) is 17.0 Å². The highest BCUT2D eigenvalue weighted by molar-refractivity contribution is 7.99. The van der Waals surface area contributed by atoms with Gasteiger partial charge in [0.25, 0.3) is 0 Å². The molecule has 0 spiro atoms. The number of benzene rings is 2. The molecule has 0 fully saturated rings. The van der Waals surface area contributed by atoms with Crippen LogP contribution in [-0.4, -0.2) is 11.8 Å². The molecule has 2 N–H and O–H groups in total. The summed E-state index contributed by atoms with van der Waals surface area (Å²) < 4.78 is 13.7. The molecular weight excluding hydrogens is 293 g/mol. The van der Waals surface area contributed by atoms with Gasteiger partial charge >= 0.3 is 0 Å². The Labute approximate surface area is 128 Å². The van der Waals surface area contributed by atoms with E-state index in [0.717, 1.165) is 5.75 Å². The fourth-order valence-electron chi connectivity index (χ4n) is 1.96. The van der Waals surface area contributed by atoms with Crippen molar-refractivity contribution < 1.29 is 4.39 Å². The summed E-state index contributed by atoms with van der Waals surface area (Å²) in [4.78, 5) is 1.18. The van der Waals surface area contributed by atoms with Crippen molar-refractivity contribution in [3.05, 3.63) is 64.4 Å². The first kappa shape index (κ1) is 15.4. The van der Waals surface area contributed by atoms with Gasteiger partial charge in [-0.2, -0.15) is 0 Å². The van der Waals surface area contributed by atoms with E-state index in [2.05, 4.69) is 25.1 Å². The second kappa shape index (κ2) is 7.11. The van der Waals surface area contributed by atoms with Crippen LogP contribution in [-0.2, 0) is 6.42 Å². The Kier molecular flexibility index (Phi) is 5.46. The van der Waals surface area contributed by atoms with Crippen LogP contribution in [0.3, 0.4) is 0 Å². The topological polar surface area (TPSA) is 26.0 Å². The maximum Gasteiger partial charge on any atom is 0.127 e. The van der Waals surface area contributed by atoms with Gasteiger partial charge < -0.3 is 5.73 Å². The van der Waals surface area contributed by atoms with Gasteiger partial charge in [-0.3, -0.25) is 0 Å². The van der Waals surface area contributed by atoms with Crippen molar-refractivity contribution in [3.63, 3.8) is 0 Å². The van der Waals surface area contributed by atoms with Gasteiger partial charge in [0.2, 0.25) is 0 Å². The minimum Gasteiger partial charge on any atom is -0.327 e. The van der Waals surface area contributed by atoms with Crippen molar-refractivity contribution in [3.8, 4) is 0 Å². The zero-order valence-electron chi connectivity index (χ0n) is 11.3. The number of thioether (sulfide) groups is 1. The van der Waals surface area contributed by atoms with Crippen LogP contribution in [0.5, 0.6) is 0 Å². The quantitative estimate of drug-likeness (QED) is 0.826. The maximum atomic E-state index is 13.7. The van der Waals surface area contributed by atoms with Crippen molar-refractivity contribution in [2.45, 2.75) is 24.3 Å². The first-order valence-electron chi connectivity index (χ1n) is 6.44. The van der Waals surface area contributed by atoms with Gasteiger partial charge in [-0.1, -0.05) is 35.4 Å². The van der Waals surface area contributed by atoms with E-state index >= 15 is 0 Å². The average molecular weight is 310 g/mol. The second-order valence-corrected chi connectivity index (χ2v) is 6.29. The molecule has 0 radical (unpaired) electrons. The average Bonchev–Trinajstić information content (AvgIpc) is 2.41. The molecule has 106 valence electrons. The summed E-state index contributed by atoms with van der Waals surface area (Å²) in [6, 6.07) is 12.8. The summed E-state index contributed by atoms with van der Waals surface area (Å²) in [6.07, 6.45) is 0.449. The Hall–Kier alpha value is -1.03. The zero-order chi connectivity index (χ0) is 14.5. The van der Waals surface area contributed by atoms with Gasteiger partial charge in [-0.25, -0.2) is 4.39 Å². The Morgan fingerprint density at radius 3 is 2.70 bits per heavy atom. The molecule has 0 heterocycles. The van der Waals surface area contributed by atoms with E-state index in [9.17, 15) is 4.39 Å². The standard InChI is InChI=1S/C16H17ClFNS/c1-11-4-2-5-13(8-11)20-10-12(19)9-14-15(17)6-3-7-16(14)18/h2-8,12H,9-10,19H2,1H3. The third kappa shape index (κ3) is 4.23. The van der Waals surface area contributed by atoms with Crippen LogP contribution in [0, 0.1) is 12.7 Å². The highest BCUT2D eigenvalue weighted by atomic mass is 35.5. The number of hydrogen-bond donors (Lipinski definition) is 1. The number of hydrogen-bond acceptors (Lipinski definition) is 2. The van der Waals surface area contributed by atoms with Gasteiger partial charge in [0, 0.05) is 27.3 Å². The largest absolute Gasteiger partial charge is 0.327 e. The SMILES string of the molecule is Cc1cccc(SCC(N)Cc2c(F)cccc2Cl)c1. The molecule has 0 aliphatic rings. The molecule has 2 rings (SSSR count). The summed E-state index contributed by atoms with van der Waals surface area (Å²) in [5, 5.41) is 0.445. The van der Waals surface area contributed by atoms with Crippen molar-refractivity contribution >= 4 is 23.4 Å². The van der Waals surface area contributed by atoms with E-state index in [4.69, 9.17) is 17.3 Å². The highest BCUT2D eigenvalue weighted by Crippen LogP contribution is 2.23. The summed E-state index contributed by atoms with van der Waals surface area (Å²) in [5.74, 6) is 0.446. The predicted molar refractivity (Wildman–Crippen MR) is 85.0 cm³/mol. The Morgan fingerprint density at radius 1 is 1.25 bits per heavy atom. The number of halogens is 2. The summed E-state index contributed by atoms with van der Waals surface area (Å²) >= 11 is 7.69.